The van der Waals surface area contributed by atoms with Crippen molar-refractivity contribution in [2.45, 2.75) is 23.7 Å². The number of halogens is 3. The van der Waals surface area contributed by atoms with Crippen molar-refractivity contribution in [2.24, 2.45) is 0 Å². The molecule has 0 spiro atoms. The van der Waals surface area contributed by atoms with Crippen LogP contribution in [0.2, 0.25) is 15.1 Å². The van der Waals surface area contributed by atoms with Crippen molar-refractivity contribution in [2.75, 3.05) is 0 Å². The molecule has 0 amide bonds. The number of rotatable bonds is 4. The van der Waals surface area contributed by atoms with Gasteiger partial charge >= 0.3 is 0 Å². The maximum Gasteiger partial charge on any atom is 0.173 e. The fraction of sp³-hybridized carbons (Fsp3) is 0.136. The van der Waals surface area contributed by atoms with Crippen molar-refractivity contribution in [1.29, 1.82) is 0 Å². The number of carbonyl (C=O) groups is 1. The first-order valence-electron chi connectivity index (χ1n) is 9.06. The number of ketones is 1. The molecule has 4 rings (SSSR count). The molecule has 4 nitrogen and oxygen atoms in total. The van der Waals surface area contributed by atoms with Crippen molar-refractivity contribution >= 4 is 52.3 Å². The molecule has 1 heterocycles. The van der Waals surface area contributed by atoms with Gasteiger partial charge in [-0.2, -0.15) is 0 Å². The normalized spacial score (nSPS) is 16.8. The number of Topliss-reactive ketones (excluding diaryl/α,β-unsaturated/α-hetero) is 1. The van der Waals surface area contributed by atoms with Crippen molar-refractivity contribution in [1.82, 2.24) is 9.97 Å². The van der Waals surface area contributed by atoms with Crippen LogP contribution >= 0.6 is 46.6 Å². The van der Waals surface area contributed by atoms with E-state index in [1.807, 2.05) is 18.2 Å². The van der Waals surface area contributed by atoms with Crippen LogP contribution in [0, 0.1) is 0 Å². The van der Waals surface area contributed by atoms with Gasteiger partial charge in [-0.1, -0.05) is 64.8 Å². The number of aliphatic hydroxyl groups is 1. The monoisotopic (exact) mass is 476 g/mol. The fourth-order valence-electron chi connectivity index (χ4n) is 3.44. The van der Waals surface area contributed by atoms with Crippen LogP contribution in [0.25, 0.3) is 11.1 Å². The number of benzene rings is 2. The summed E-state index contributed by atoms with van der Waals surface area (Å²) < 4.78 is 0. The SMILES string of the molecule is O=C1CC(c2c(Cl)ccc(-c3cncnc3)c2Cl)CC(O)=C1Sc1ccccc1Cl. The van der Waals surface area contributed by atoms with Gasteiger partial charge in [-0.05, 0) is 23.8 Å². The van der Waals surface area contributed by atoms with Crippen LogP contribution in [0.1, 0.15) is 24.3 Å². The second-order valence-corrected chi connectivity index (χ2v) is 9.03. The predicted molar refractivity (Wildman–Crippen MR) is 121 cm³/mol. The Bertz CT molecular complexity index is 1150. The quantitative estimate of drug-likeness (QED) is 0.434. The molecule has 1 aromatic heterocycles. The molecule has 0 fully saturated rings. The van der Waals surface area contributed by atoms with Gasteiger partial charge in [0.2, 0.25) is 0 Å². The Morgan fingerprint density at radius 3 is 2.40 bits per heavy atom. The predicted octanol–water partition coefficient (Wildman–Crippen LogP) is 7.11. The van der Waals surface area contributed by atoms with E-state index >= 15 is 0 Å². The average molecular weight is 478 g/mol. The van der Waals surface area contributed by atoms with Gasteiger partial charge in [0.1, 0.15) is 12.1 Å². The molecule has 0 saturated carbocycles. The molecule has 30 heavy (non-hydrogen) atoms. The Balaban J connectivity index is 1.68. The lowest BCUT2D eigenvalue weighted by Gasteiger charge is -2.26. The lowest BCUT2D eigenvalue weighted by molar-refractivity contribution is -0.115. The summed E-state index contributed by atoms with van der Waals surface area (Å²) in [6.45, 7) is 0. The molecule has 1 atom stereocenters. The first-order chi connectivity index (χ1) is 14.5. The topological polar surface area (TPSA) is 63.1 Å². The lowest BCUT2D eigenvalue weighted by atomic mass is 9.85. The van der Waals surface area contributed by atoms with Crippen molar-refractivity contribution < 1.29 is 9.90 Å². The zero-order valence-corrected chi connectivity index (χ0v) is 18.6. The molecule has 0 aliphatic heterocycles. The molecule has 1 aliphatic carbocycles. The Morgan fingerprint density at radius 1 is 0.967 bits per heavy atom. The van der Waals surface area contributed by atoms with Crippen LogP contribution in [0.5, 0.6) is 0 Å². The van der Waals surface area contributed by atoms with E-state index in [4.69, 9.17) is 34.8 Å². The molecule has 8 heteroatoms. The van der Waals surface area contributed by atoms with E-state index in [2.05, 4.69) is 9.97 Å². The van der Waals surface area contributed by atoms with Crippen LogP contribution in [0.3, 0.4) is 0 Å². The number of carbonyl (C=O) groups excluding carboxylic acids is 1. The summed E-state index contributed by atoms with van der Waals surface area (Å²) in [5, 5.41) is 12.1. The summed E-state index contributed by atoms with van der Waals surface area (Å²) in [5.74, 6) is -0.492. The summed E-state index contributed by atoms with van der Waals surface area (Å²) in [4.78, 5) is 22.0. The van der Waals surface area contributed by atoms with Crippen molar-refractivity contribution in [3.05, 3.63) is 86.4 Å². The minimum Gasteiger partial charge on any atom is -0.511 e. The molecule has 3 aromatic rings. The van der Waals surface area contributed by atoms with E-state index in [1.54, 1.807) is 30.6 Å². The molecular formula is C22H15Cl3N2O2S. The highest BCUT2D eigenvalue weighted by Crippen LogP contribution is 2.46. The maximum atomic E-state index is 12.9. The van der Waals surface area contributed by atoms with Crippen LogP contribution in [0.4, 0.5) is 0 Å². The molecule has 1 aliphatic rings. The van der Waals surface area contributed by atoms with E-state index in [1.165, 1.54) is 18.1 Å². The molecule has 0 radical (unpaired) electrons. The van der Waals surface area contributed by atoms with Crippen molar-refractivity contribution in [3.8, 4) is 11.1 Å². The third-order valence-corrected chi connectivity index (χ3v) is 7.26. The minimum atomic E-state index is -0.335. The Kier molecular flexibility index (Phi) is 6.34. The van der Waals surface area contributed by atoms with Gasteiger partial charge in [-0.3, -0.25) is 4.79 Å². The summed E-state index contributed by atoms with van der Waals surface area (Å²) in [6, 6.07) is 10.7. The first kappa shape index (κ1) is 21.2. The largest absolute Gasteiger partial charge is 0.511 e. The van der Waals surface area contributed by atoms with Gasteiger partial charge in [-0.15, -0.1) is 0 Å². The second-order valence-electron chi connectivity index (χ2n) is 6.79. The molecule has 2 aromatic carbocycles. The third kappa shape index (κ3) is 4.21. The number of thioether (sulfide) groups is 1. The Morgan fingerprint density at radius 2 is 1.70 bits per heavy atom. The second kappa shape index (κ2) is 8.98. The smallest absolute Gasteiger partial charge is 0.173 e. The van der Waals surface area contributed by atoms with E-state index in [-0.39, 0.29) is 30.3 Å². The number of aliphatic hydroxyl groups excluding tert-OH is 1. The first-order valence-corrected chi connectivity index (χ1v) is 11.0. The molecule has 0 bridgehead atoms. The minimum absolute atomic E-state index is 0.0155. The number of allylic oxidation sites excluding steroid dienone is 2. The standard InChI is InChI=1S/C22H15Cl3N2O2S/c23-15-3-1-2-4-19(15)30-22-17(28)7-12(8-18(22)29)20-16(24)6-5-14(21(20)25)13-9-26-11-27-10-13/h1-6,9-12,28H,7-8H2. The maximum absolute atomic E-state index is 12.9. The highest BCUT2D eigenvalue weighted by molar-refractivity contribution is 8.04. The highest BCUT2D eigenvalue weighted by Gasteiger charge is 2.32. The summed E-state index contributed by atoms with van der Waals surface area (Å²) in [7, 11) is 0. The number of nitrogens with zero attached hydrogens (tertiary/aromatic N) is 2. The molecule has 0 saturated heterocycles. The summed E-state index contributed by atoms with van der Waals surface area (Å²) >= 11 is 20.5. The van der Waals surface area contributed by atoms with E-state index < -0.39 is 0 Å². The summed E-state index contributed by atoms with van der Waals surface area (Å²) in [6.07, 6.45) is 5.20. The van der Waals surface area contributed by atoms with E-state index in [0.29, 0.717) is 25.5 Å². The Labute approximate surface area is 192 Å². The number of hydrogen-bond donors (Lipinski definition) is 1. The zero-order chi connectivity index (χ0) is 21.3. The van der Waals surface area contributed by atoms with Crippen molar-refractivity contribution in [3.63, 3.8) is 0 Å². The van der Waals surface area contributed by atoms with Gasteiger partial charge in [0.05, 0.1) is 15.0 Å². The molecule has 1 unspecified atom stereocenters. The van der Waals surface area contributed by atoms with Gasteiger partial charge in [0, 0.05) is 52.2 Å². The van der Waals surface area contributed by atoms with Gasteiger partial charge in [0.25, 0.3) is 0 Å². The Hall–Kier alpha value is -2.05. The van der Waals surface area contributed by atoms with Crippen LogP contribution < -0.4 is 0 Å². The van der Waals surface area contributed by atoms with Gasteiger partial charge in [-0.25, -0.2) is 9.97 Å². The summed E-state index contributed by atoms with van der Waals surface area (Å²) in [5.41, 5.74) is 2.11. The highest BCUT2D eigenvalue weighted by atomic mass is 35.5. The van der Waals surface area contributed by atoms with Gasteiger partial charge < -0.3 is 5.11 Å². The van der Waals surface area contributed by atoms with Gasteiger partial charge in [0.15, 0.2) is 5.78 Å². The van der Waals surface area contributed by atoms with E-state index in [0.717, 1.165) is 16.0 Å². The number of hydrogen-bond acceptors (Lipinski definition) is 5. The van der Waals surface area contributed by atoms with E-state index in [9.17, 15) is 9.90 Å². The van der Waals surface area contributed by atoms with Crippen LogP contribution in [0.15, 0.2) is 70.7 Å². The fourth-order valence-corrected chi connectivity index (χ4v) is 5.41. The lowest BCUT2D eigenvalue weighted by Crippen LogP contribution is -2.18. The molecular weight excluding hydrogens is 463 g/mol. The zero-order valence-electron chi connectivity index (χ0n) is 15.5. The average Bonchev–Trinajstić information content (AvgIpc) is 2.73. The third-order valence-electron chi connectivity index (χ3n) is 4.84. The van der Waals surface area contributed by atoms with Crippen LogP contribution in [-0.2, 0) is 4.79 Å². The van der Waals surface area contributed by atoms with Crippen LogP contribution in [-0.4, -0.2) is 20.9 Å². The molecule has 152 valence electrons. The molecule has 1 N–H and O–H groups in total. The number of aromatic nitrogens is 2.